The second-order valence-corrected chi connectivity index (χ2v) is 9.88. The molecule has 0 radical (unpaired) electrons. The summed E-state index contributed by atoms with van der Waals surface area (Å²) in [6.07, 6.45) is 0. The van der Waals surface area contributed by atoms with E-state index in [1.165, 1.54) is 19.2 Å². The van der Waals surface area contributed by atoms with Crippen molar-refractivity contribution >= 4 is 21.6 Å². The fraction of sp³-hybridized carbons (Fsp3) is 0.269. The minimum absolute atomic E-state index is 0.0926. The fourth-order valence-corrected chi connectivity index (χ4v) is 4.97. The van der Waals surface area contributed by atoms with Gasteiger partial charge in [0.05, 0.1) is 24.2 Å². The number of aryl methyl sites for hydroxylation is 3. The van der Waals surface area contributed by atoms with Gasteiger partial charge >= 0.3 is 0 Å². The third kappa shape index (κ3) is 6.29. The average molecular weight is 483 g/mol. The van der Waals surface area contributed by atoms with Crippen LogP contribution in [0, 0.1) is 20.8 Å². The minimum Gasteiger partial charge on any atom is -0.495 e. The van der Waals surface area contributed by atoms with Crippen molar-refractivity contribution in [2.75, 3.05) is 31.1 Å². The summed E-state index contributed by atoms with van der Waals surface area (Å²) in [5, 5.41) is 2.74. The third-order valence-electron chi connectivity index (χ3n) is 5.14. The number of methoxy groups -OCH3 is 1. The van der Waals surface area contributed by atoms with Gasteiger partial charge in [0.25, 0.3) is 10.0 Å². The number of ether oxygens (including phenoxy) is 2. The van der Waals surface area contributed by atoms with E-state index in [1.54, 1.807) is 36.4 Å². The van der Waals surface area contributed by atoms with Gasteiger partial charge in [-0.2, -0.15) is 0 Å². The van der Waals surface area contributed by atoms with Crippen LogP contribution in [0.15, 0.2) is 71.6 Å². The number of nitrogens with zero attached hydrogens (tertiary/aromatic N) is 1. The first-order valence-electron chi connectivity index (χ1n) is 10.9. The molecule has 0 bridgehead atoms. The lowest BCUT2D eigenvalue weighted by atomic mass is 10.1. The number of hydrogen-bond donors (Lipinski definition) is 1. The van der Waals surface area contributed by atoms with E-state index in [1.807, 2.05) is 32.9 Å². The number of carbonyl (C=O) groups is 1. The van der Waals surface area contributed by atoms with Crippen LogP contribution in [-0.2, 0) is 14.8 Å². The van der Waals surface area contributed by atoms with Crippen LogP contribution in [0.1, 0.15) is 16.7 Å². The summed E-state index contributed by atoms with van der Waals surface area (Å²) in [7, 11) is -2.56. The smallest absolute Gasteiger partial charge is 0.264 e. The number of benzene rings is 3. The van der Waals surface area contributed by atoms with Crippen LogP contribution in [0.25, 0.3) is 0 Å². The topological polar surface area (TPSA) is 84.9 Å². The van der Waals surface area contributed by atoms with E-state index in [0.717, 1.165) is 26.7 Å². The predicted octanol–water partition coefficient (Wildman–Crippen LogP) is 4.01. The fourth-order valence-electron chi connectivity index (χ4n) is 3.53. The number of carbonyl (C=O) groups excluding carboxylic acids is 1. The van der Waals surface area contributed by atoms with Crippen LogP contribution in [0.2, 0.25) is 0 Å². The Balaban J connectivity index is 1.74. The van der Waals surface area contributed by atoms with Gasteiger partial charge in [0.1, 0.15) is 24.7 Å². The number of para-hydroxylation sites is 2. The van der Waals surface area contributed by atoms with Gasteiger partial charge in [-0.05, 0) is 68.3 Å². The van der Waals surface area contributed by atoms with E-state index >= 15 is 0 Å². The highest BCUT2D eigenvalue weighted by atomic mass is 32.2. The van der Waals surface area contributed by atoms with Gasteiger partial charge in [-0.25, -0.2) is 8.42 Å². The van der Waals surface area contributed by atoms with Gasteiger partial charge in [-0.1, -0.05) is 35.9 Å². The second kappa shape index (κ2) is 11.1. The van der Waals surface area contributed by atoms with Crippen LogP contribution in [-0.4, -0.2) is 41.1 Å². The van der Waals surface area contributed by atoms with Crippen molar-refractivity contribution in [3.8, 4) is 11.5 Å². The van der Waals surface area contributed by atoms with E-state index in [2.05, 4.69) is 11.4 Å². The SMILES string of the molecule is COc1ccccc1N(CC(=O)NCCOc1cc(C)cc(C)c1)S(=O)(=O)c1ccc(C)cc1. The van der Waals surface area contributed by atoms with Crippen molar-refractivity contribution in [3.05, 3.63) is 83.4 Å². The number of nitrogens with one attached hydrogen (secondary N) is 1. The molecule has 1 amide bonds. The molecule has 7 nitrogen and oxygen atoms in total. The van der Waals surface area contributed by atoms with Crippen LogP contribution in [0.3, 0.4) is 0 Å². The monoisotopic (exact) mass is 482 g/mol. The molecule has 1 N–H and O–H groups in total. The number of anilines is 1. The number of sulfonamides is 1. The highest BCUT2D eigenvalue weighted by Gasteiger charge is 2.29. The average Bonchev–Trinajstić information content (AvgIpc) is 2.80. The quantitative estimate of drug-likeness (QED) is 0.442. The molecule has 34 heavy (non-hydrogen) atoms. The molecule has 0 aromatic heterocycles. The van der Waals surface area contributed by atoms with Crippen molar-refractivity contribution in [1.29, 1.82) is 0 Å². The highest BCUT2D eigenvalue weighted by molar-refractivity contribution is 7.92. The molecule has 3 aromatic carbocycles. The van der Waals surface area contributed by atoms with E-state index in [4.69, 9.17) is 9.47 Å². The standard InChI is InChI=1S/C26H30N2O5S/c1-19-9-11-23(12-10-19)34(30,31)28(24-7-5-6-8-25(24)32-4)18-26(29)27-13-14-33-22-16-20(2)15-21(3)17-22/h5-12,15-17H,13-14,18H2,1-4H3,(H,27,29). The van der Waals surface area contributed by atoms with Crippen molar-refractivity contribution < 1.29 is 22.7 Å². The first kappa shape index (κ1) is 25.1. The maximum atomic E-state index is 13.5. The zero-order valence-corrected chi connectivity index (χ0v) is 20.7. The summed E-state index contributed by atoms with van der Waals surface area (Å²) >= 11 is 0. The Morgan fingerprint density at radius 2 is 1.56 bits per heavy atom. The van der Waals surface area contributed by atoms with Gasteiger partial charge in [-0.15, -0.1) is 0 Å². The summed E-state index contributed by atoms with van der Waals surface area (Å²) in [4.78, 5) is 12.9. The Morgan fingerprint density at radius 1 is 0.912 bits per heavy atom. The van der Waals surface area contributed by atoms with Crippen molar-refractivity contribution in [2.24, 2.45) is 0 Å². The Hall–Kier alpha value is -3.52. The van der Waals surface area contributed by atoms with Gasteiger partial charge in [0, 0.05) is 0 Å². The molecule has 0 aliphatic rings. The first-order chi connectivity index (χ1) is 16.2. The molecule has 3 rings (SSSR count). The van der Waals surface area contributed by atoms with Gasteiger partial charge in [0.15, 0.2) is 0 Å². The second-order valence-electron chi connectivity index (χ2n) is 8.02. The summed E-state index contributed by atoms with van der Waals surface area (Å²) in [6, 6.07) is 19.1. The third-order valence-corrected chi connectivity index (χ3v) is 6.91. The van der Waals surface area contributed by atoms with Crippen molar-refractivity contribution in [3.63, 3.8) is 0 Å². The van der Waals surface area contributed by atoms with E-state index in [0.29, 0.717) is 5.75 Å². The van der Waals surface area contributed by atoms with Crippen molar-refractivity contribution in [2.45, 2.75) is 25.7 Å². The van der Waals surface area contributed by atoms with Gasteiger partial charge in [0.2, 0.25) is 5.91 Å². The van der Waals surface area contributed by atoms with E-state index < -0.39 is 22.5 Å². The summed E-state index contributed by atoms with van der Waals surface area (Å²) in [5.41, 5.74) is 3.40. The summed E-state index contributed by atoms with van der Waals surface area (Å²) in [6.45, 7) is 5.94. The predicted molar refractivity (Wildman–Crippen MR) is 133 cm³/mol. The van der Waals surface area contributed by atoms with E-state index in [-0.39, 0.29) is 23.7 Å². The molecule has 0 unspecified atom stereocenters. The van der Waals surface area contributed by atoms with Gasteiger partial charge < -0.3 is 14.8 Å². The van der Waals surface area contributed by atoms with E-state index in [9.17, 15) is 13.2 Å². The Morgan fingerprint density at radius 3 is 2.21 bits per heavy atom. The molecule has 0 saturated carbocycles. The molecule has 0 fully saturated rings. The Kier molecular flexibility index (Phi) is 8.17. The molecule has 0 atom stereocenters. The largest absolute Gasteiger partial charge is 0.495 e. The summed E-state index contributed by atoms with van der Waals surface area (Å²) in [5.74, 6) is 0.624. The number of hydrogen-bond acceptors (Lipinski definition) is 5. The molecule has 0 heterocycles. The molecule has 0 aliphatic carbocycles. The molecule has 0 aliphatic heterocycles. The normalized spacial score (nSPS) is 11.1. The van der Waals surface area contributed by atoms with Crippen LogP contribution in [0.5, 0.6) is 11.5 Å². The Bertz CT molecular complexity index is 1220. The molecule has 3 aromatic rings. The Labute approximate surface area is 201 Å². The molecule has 8 heteroatoms. The maximum absolute atomic E-state index is 13.5. The van der Waals surface area contributed by atoms with Crippen molar-refractivity contribution in [1.82, 2.24) is 5.32 Å². The lowest BCUT2D eigenvalue weighted by molar-refractivity contribution is -0.119. The zero-order valence-electron chi connectivity index (χ0n) is 19.9. The van der Waals surface area contributed by atoms with Gasteiger partial charge in [-0.3, -0.25) is 9.10 Å². The van der Waals surface area contributed by atoms with Crippen LogP contribution >= 0.6 is 0 Å². The molecular formula is C26H30N2O5S. The number of amides is 1. The molecule has 180 valence electrons. The van der Waals surface area contributed by atoms with Crippen LogP contribution in [0.4, 0.5) is 5.69 Å². The molecule has 0 spiro atoms. The lowest BCUT2D eigenvalue weighted by Gasteiger charge is -2.25. The highest BCUT2D eigenvalue weighted by Crippen LogP contribution is 2.32. The zero-order chi connectivity index (χ0) is 24.7. The first-order valence-corrected chi connectivity index (χ1v) is 12.3. The summed E-state index contributed by atoms with van der Waals surface area (Å²) < 4.78 is 39.1. The molecular weight excluding hydrogens is 452 g/mol. The maximum Gasteiger partial charge on any atom is 0.264 e. The number of rotatable bonds is 10. The van der Waals surface area contributed by atoms with Crippen LogP contribution < -0.4 is 19.1 Å². The molecule has 0 saturated heterocycles. The minimum atomic E-state index is -4.02. The lowest BCUT2D eigenvalue weighted by Crippen LogP contribution is -2.42.